The molecule has 0 saturated heterocycles. The van der Waals surface area contributed by atoms with E-state index in [-0.39, 0.29) is 11.7 Å². The van der Waals surface area contributed by atoms with Gasteiger partial charge in [-0.2, -0.15) is 5.26 Å². The third kappa shape index (κ3) is 3.64. The van der Waals surface area contributed by atoms with E-state index in [9.17, 15) is 4.79 Å². The number of furan rings is 1. The Labute approximate surface area is 141 Å². The van der Waals surface area contributed by atoms with Crippen molar-refractivity contribution in [1.29, 1.82) is 5.26 Å². The van der Waals surface area contributed by atoms with Gasteiger partial charge in [0.15, 0.2) is 0 Å². The highest BCUT2D eigenvalue weighted by molar-refractivity contribution is 7.99. The number of anilines is 1. The van der Waals surface area contributed by atoms with Gasteiger partial charge in [0, 0.05) is 5.69 Å². The van der Waals surface area contributed by atoms with Crippen LogP contribution >= 0.6 is 11.8 Å². The molecule has 120 valence electrons. The predicted molar refractivity (Wildman–Crippen MR) is 87.2 cm³/mol. The smallest absolute Gasteiger partial charge is 0.277 e. The van der Waals surface area contributed by atoms with Crippen LogP contribution in [0, 0.1) is 18.3 Å². The SMILES string of the molecule is Cc1occc1-c1nnc(SCC(=O)Nc2cccc(C#N)c2)o1. The maximum absolute atomic E-state index is 12.0. The van der Waals surface area contributed by atoms with Crippen LogP contribution < -0.4 is 5.32 Å². The van der Waals surface area contributed by atoms with Crippen molar-refractivity contribution < 1.29 is 13.6 Å². The van der Waals surface area contributed by atoms with Crippen LogP contribution in [0.5, 0.6) is 0 Å². The van der Waals surface area contributed by atoms with Crippen molar-refractivity contribution in [2.75, 3.05) is 11.1 Å². The van der Waals surface area contributed by atoms with Crippen LogP contribution in [-0.2, 0) is 4.79 Å². The molecule has 0 radical (unpaired) electrons. The highest BCUT2D eigenvalue weighted by atomic mass is 32.2. The van der Waals surface area contributed by atoms with Crippen LogP contribution in [0.1, 0.15) is 11.3 Å². The van der Waals surface area contributed by atoms with Gasteiger partial charge in [0.1, 0.15) is 5.76 Å². The van der Waals surface area contributed by atoms with E-state index in [1.807, 2.05) is 6.07 Å². The lowest BCUT2D eigenvalue weighted by Crippen LogP contribution is -2.14. The van der Waals surface area contributed by atoms with Gasteiger partial charge in [-0.3, -0.25) is 4.79 Å². The van der Waals surface area contributed by atoms with Gasteiger partial charge in [-0.25, -0.2) is 0 Å². The molecule has 1 amide bonds. The first kappa shape index (κ1) is 15.8. The van der Waals surface area contributed by atoms with E-state index in [0.717, 1.165) is 17.3 Å². The molecule has 0 spiro atoms. The summed E-state index contributed by atoms with van der Waals surface area (Å²) in [4.78, 5) is 12.0. The van der Waals surface area contributed by atoms with Gasteiger partial charge in [-0.15, -0.1) is 10.2 Å². The Kier molecular flexibility index (Phi) is 4.63. The van der Waals surface area contributed by atoms with E-state index < -0.39 is 0 Å². The second-order valence-electron chi connectivity index (χ2n) is 4.79. The molecule has 0 unspecified atom stereocenters. The summed E-state index contributed by atoms with van der Waals surface area (Å²) in [6, 6.07) is 10.5. The number of hydrogen-bond donors (Lipinski definition) is 1. The zero-order valence-corrected chi connectivity index (χ0v) is 13.5. The zero-order chi connectivity index (χ0) is 16.9. The Morgan fingerprint density at radius 2 is 2.25 bits per heavy atom. The number of rotatable bonds is 5. The van der Waals surface area contributed by atoms with Crippen LogP contribution in [-0.4, -0.2) is 21.9 Å². The highest BCUT2D eigenvalue weighted by Crippen LogP contribution is 2.26. The lowest BCUT2D eigenvalue weighted by molar-refractivity contribution is -0.113. The number of aryl methyl sites for hydroxylation is 1. The summed E-state index contributed by atoms with van der Waals surface area (Å²) in [7, 11) is 0. The number of hydrogen-bond acceptors (Lipinski definition) is 7. The van der Waals surface area contributed by atoms with Crippen LogP contribution in [0.2, 0.25) is 0 Å². The number of nitrogens with one attached hydrogen (secondary N) is 1. The summed E-state index contributed by atoms with van der Waals surface area (Å²) in [5.74, 6) is 0.925. The van der Waals surface area contributed by atoms with Gasteiger partial charge in [-0.05, 0) is 31.2 Å². The average molecular weight is 340 g/mol. The zero-order valence-electron chi connectivity index (χ0n) is 12.6. The number of nitrogens with zero attached hydrogens (tertiary/aromatic N) is 3. The molecule has 0 atom stereocenters. The van der Waals surface area contributed by atoms with Gasteiger partial charge < -0.3 is 14.2 Å². The third-order valence-corrected chi connectivity index (χ3v) is 3.92. The highest BCUT2D eigenvalue weighted by Gasteiger charge is 2.14. The number of carbonyl (C=O) groups excluding carboxylic acids is 1. The maximum atomic E-state index is 12.0. The fourth-order valence-electron chi connectivity index (χ4n) is 1.97. The van der Waals surface area contributed by atoms with Crippen LogP contribution in [0.3, 0.4) is 0 Å². The van der Waals surface area contributed by atoms with Crippen molar-refractivity contribution in [2.24, 2.45) is 0 Å². The Hall–Kier alpha value is -3.05. The van der Waals surface area contributed by atoms with Gasteiger partial charge >= 0.3 is 0 Å². The Morgan fingerprint density at radius 3 is 3.00 bits per heavy atom. The summed E-state index contributed by atoms with van der Waals surface area (Å²) in [6.45, 7) is 1.80. The van der Waals surface area contributed by atoms with Crippen molar-refractivity contribution in [2.45, 2.75) is 12.1 Å². The van der Waals surface area contributed by atoms with E-state index in [1.165, 1.54) is 0 Å². The molecule has 1 N–H and O–H groups in total. The van der Waals surface area contributed by atoms with Crippen molar-refractivity contribution in [3.63, 3.8) is 0 Å². The molecule has 0 bridgehead atoms. The Morgan fingerprint density at radius 1 is 1.38 bits per heavy atom. The van der Waals surface area contributed by atoms with Crippen molar-refractivity contribution in [3.05, 3.63) is 47.9 Å². The van der Waals surface area contributed by atoms with Crippen LogP contribution in [0.25, 0.3) is 11.5 Å². The number of thioether (sulfide) groups is 1. The third-order valence-electron chi connectivity index (χ3n) is 3.10. The minimum absolute atomic E-state index is 0.114. The van der Waals surface area contributed by atoms with E-state index >= 15 is 0 Å². The van der Waals surface area contributed by atoms with E-state index in [4.69, 9.17) is 14.1 Å². The summed E-state index contributed by atoms with van der Waals surface area (Å²) < 4.78 is 10.7. The first-order valence-electron chi connectivity index (χ1n) is 6.96. The van der Waals surface area contributed by atoms with Gasteiger partial charge in [0.05, 0.1) is 29.2 Å². The molecular weight excluding hydrogens is 328 g/mol. The first-order chi connectivity index (χ1) is 11.7. The van der Waals surface area contributed by atoms with Gasteiger partial charge in [0.2, 0.25) is 5.91 Å². The van der Waals surface area contributed by atoms with Crippen molar-refractivity contribution in [1.82, 2.24) is 10.2 Å². The van der Waals surface area contributed by atoms with Crippen LogP contribution in [0.15, 0.2) is 50.7 Å². The normalized spacial score (nSPS) is 10.3. The monoisotopic (exact) mass is 340 g/mol. The summed E-state index contributed by atoms with van der Waals surface area (Å²) in [5.41, 5.74) is 1.78. The van der Waals surface area contributed by atoms with Crippen molar-refractivity contribution >= 4 is 23.4 Å². The molecule has 0 fully saturated rings. The molecule has 0 aliphatic heterocycles. The summed E-state index contributed by atoms with van der Waals surface area (Å²) >= 11 is 1.13. The topological polar surface area (TPSA) is 105 Å². The number of amides is 1. The number of aromatic nitrogens is 2. The molecule has 0 aliphatic carbocycles. The van der Waals surface area contributed by atoms with Crippen molar-refractivity contribution in [3.8, 4) is 17.5 Å². The molecule has 24 heavy (non-hydrogen) atoms. The van der Waals surface area contributed by atoms with E-state index in [0.29, 0.717) is 28.1 Å². The molecule has 2 aromatic heterocycles. The summed E-state index contributed by atoms with van der Waals surface area (Å²) in [6.07, 6.45) is 1.55. The average Bonchev–Trinajstić information content (AvgIpc) is 3.21. The molecule has 8 heteroatoms. The molecule has 7 nitrogen and oxygen atoms in total. The standard InChI is InChI=1S/C16H12N4O3S/c1-10-13(5-6-22-10)15-19-20-16(23-15)24-9-14(21)18-12-4-2-3-11(7-12)8-17/h2-7H,9H2,1H3,(H,18,21). The second-order valence-corrected chi connectivity index (χ2v) is 5.72. The number of benzene rings is 1. The maximum Gasteiger partial charge on any atom is 0.277 e. The number of carbonyl (C=O) groups is 1. The molecule has 3 rings (SSSR count). The minimum atomic E-state index is -0.227. The molecule has 2 heterocycles. The van der Waals surface area contributed by atoms with E-state index in [1.54, 1.807) is 43.5 Å². The second kappa shape index (κ2) is 7.02. The quantitative estimate of drug-likeness (QED) is 0.711. The largest absolute Gasteiger partial charge is 0.469 e. The number of nitriles is 1. The van der Waals surface area contributed by atoms with Gasteiger partial charge in [0.25, 0.3) is 11.1 Å². The molecule has 0 aliphatic rings. The fraction of sp³-hybridized carbons (Fsp3) is 0.125. The Bertz CT molecular complexity index is 910. The fourth-order valence-corrected chi connectivity index (χ4v) is 2.54. The van der Waals surface area contributed by atoms with E-state index in [2.05, 4.69) is 15.5 Å². The molecule has 3 aromatic rings. The predicted octanol–water partition coefficient (Wildman–Crippen LogP) is 3.24. The lowest BCUT2D eigenvalue weighted by atomic mass is 10.2. The minimum Gasteiger partial charge on any atom is -0.469 e. The molecule has 1 aromatic carbocycles. The van der Waals surface area contributed by atoms with Gasteiger partial charge in [-0.1, -0.05) is 17.8 Å². The lowest BCUT2D eigenvalue weighted by Gasteiger charge is -2.03. The first-order valence-corrected chi connectivity index (χ1v) is 7.95. The Balaban J connectivity index is 1.58. The summed E-state index contributed by atoms with van der Waals surface area (Å²) in [5, 5.41) is 19.7. The molecule has 0 saturated carbocycles. The van der Waals surface area contributed by atoms with Crippen LogP contribution in [0.4, 0.5) is 5.69 Å². The molecular formula is C16H12N4O3S.